The smallest absolute Gasteiger partial charge is 0.166 e. The summed E-state index contributed by atoms with van der Waals surface area (Å²) >= 11 is 1.74. The Morgan fingerprint density at radius 1 is 1.29 bits per heavy atom. The maximum Gasteiger partial charge on any atom is 0.166 e. The first-order valence-corrected chi connectivity index (χ1v) is 7.24. The Labute approximate surface area is 108 Å². The van der Waals surface area contributed by atoms with Gasteiger partial charge in [-0.1, -0.05) is 20.3 Å². The van der Waals surface area contributed by atoms with Crippen LogP contribution in [0, 0.1) is 0 Å². The van der Waals surface area contributed by atoms with Crippen LogP contribution in [0.1, 0.15) is 43.4 Å². The Kier molecular flexibility index (Phi) is 6.45. The zero-order valence-electron chi connectivity index (χ0n) is 11.0. The number of carbonyl (C=O) groups excluding carboxylic acids is 1. The maximum absolute atomic E-state index is 12.1. The molecule has 1 unspecified atom stereocenters. The molecule has 1 aromatic heterocycles. The Morgan fingerprint density at radius 2 is 2.00 bits per heavy atom. The second-order valence-corrected chi connectivity index (χ2v) is 5.35. The van der Waals surface area contributed by atoms with E-state index in [1.807, 2.05) is 6.92 Å². The summed E-state index contributed by atoms with van der Waals surface area (Å²) in [5.41, 5.74) is 0. The molecule has 0 aromatic carbocycles. The highest BCUT2D eigenvalue weighted by atomic mass is 32.1. The molecule has 1 heterocycles. The number of carbonyl (C=O) groups is 1. The third-order valence-electron chi connectivity index (χ3n) is 2.69. The van der Waals surface area contributed by atoms with Gasteiger partial charge in [-0.15, -0.1) is 11.3 Å². The number of aryl methyl sites for hydroxylation is 1. The predicted molar refractivity (Wildman–Crippen MR) is 72.7 cm³/mol. The molecule has 0 spiro atoms. The number of Topliss-reactive ketones (excluding diaryl/α,β-unsaturated/α-hetero) is 1. The minimum Gasteiger partial charge on any atom is -0.371 e. The van der Waals surface area contributed by atoms with Crippen LogP contribution in [0.2, 0.25) is 0 Å². The molecule has 0 bridgehead atoms. The van der Waals surface area contributed by atoms with Crippen molar-refractivity contribution >= 4 is 17.1 Å². The average Bonchev–Trinajstić information content (AvgIpc) is 2.76. The fourth-order valence-corrected chi connectivity index (χ4v) is 2.76. The lowest BCUT2D eigenvalue weighted by Crippen LogP contribution is -2.25. The molecule has 0 radical (unpaired) electrons. The zero-order chi connectivity index (χ0) is 12.7. The Balaban J connectivity index is 2.56. The first-order valence-electron chi connectivity index (χ1n) is 6.43. The van der Waals surface area contributed by atoms with Crippen LogP contribution < -0.4 is 0 Å². The topological polar surface area (TPSA) is 26.3 Å². The van der Waals surface area contributed by atoms with Crippen LogP contribution in [0.25, 0.3) is 0 Å². The fraction of sp³-hybridized carbons (Fsp3) is 0.643. The normalized spacial score (nSPS) is 12.6. The molecule has 0 aliphatic rings. The molecule has 0 fully saturated rings. The Hall–Kier alpha value is -0.670. The Morgan fingerprint density at radius 3 is 2.53 bits per heavy atom. The second kappa shape index (κ2) is 7.62. The first kappa shape index (κ1) is 14.4. The van der Waals surface area contributed by atoms with Gasteiger partial charge in [-0.25, -0.2) is 0 Å². The third-order valence-corrected chi connectivity index (χ3v) is 3.92. The minimum absolute atomic E-state index is 0.211. The highest BCUT2D eigenvalue weighted by Crippen LogP contribution is 2.19. The summed E-state index contributed by atoms with van der Waals surface area (Å²) in [7, 11) is 0. The van der Waals surface area contributed by atoms with Crippen LogP contribution in [-0.2, 0) is 22.4 Å². The van der Waals surface area contributed by atoms with Crippen molar-refractivity contribution < 1.29 is 9.53 Å². The van der Waals surface area contributed by atoms with Gasteiger partial charge in [0.1, 0.15) is 6.10 Å². The lowest BCUT2D eigenvalue weighted by atomic mass is 10.1. The largest absolute Gasteiger partial charge is 0.371 e. The van der Waals surface area contributed by atoms with Crippen LogP contribution in [0.5, 0.6) is 0 Å². The van der Waals surface area contributed by atoms with Crippen molar-refractivity contribution in [2.45, 2.75) is 52.6 Å². The van der Waals surface area contributed by atoms with Crippen molar-refractivity contribution in [3.8, 4) is 0 Å². The number of ketones is 1. The van der Waals surface area contributed by atoms with E-state index in [1.54, 1.807) is 11.3 Å². The molecule has 0 N–H and O–H groups in total. The molecule has 1 atom stereocenters. The van der Waals surface area contributed by atoms with E-state index >= 15 is 0 Å². The molecule has 17 heavy (non-hydrogen) atoms. The van der Waals surface area contributed by atoms with Gasteiger partial charge < -0.3 is 4.74 Å². The number of hydrogen-bond donors (Lipinski definition) is 0. The van der Waals surface area contributed by atoms with Crippen LogP contribution >= 0.6 is 11.3 Å². The van der Waals surface area contributed by atoms with Gasteiger partial charge in [0, 0.05) is 22.8 Å². The van der Waals surface area contributed by atoms with Gasteiger partial charge in [0.2, 0.25) is 0 Å². The summed E-state index contributed by atoms with van der Waals surface area (Å²) in [6, 6.07) is 4.18. The van der Waals surface area contributed by atoms with Crippen molar-refractivity contribution in [3.05, 3.63) is 21.9 Å². The lowest BCUT2D eigenvalue weighted by molar-refractivity contribution is -0.130. The molecular formula is C14H22O2S. The van der Waals surface area contributed by atoms with Crippen LogP contribution in [0.4, 0.5) is 0 Å². The quantitative estimate of drug-likeness (QED) is 0.708. The molecule has 0 aliphatic heterocycles. The zero-order valence-corrected chi connectivity index (χ0v) is 11.8. The molecular weight excluding hydrogens is 232 g/mol. The first-order chi connectivity index (χ1) is 8.21. The van der Waals surface area contributed by atoms with E-state index in [1.165, 1.54) is 4.88 Å². The number of ether oxygens (including phenoxy) is 1. The highest BCUT2D eigenvalue weighted by molar-refractivity contribution is 7.12. The van der Waals surface area contributed by atoms with E-state index < -0.39 is 0 Å². The van der Waals surface area contributed by atoms with Gasteiger partial charge >= 0.3 is 0 Å². The summed E-state index contributed by atoms with van der Waals surface area (Å²) in [6.07, 6.45) is 3.18. The van der Waals surface area contributed by atoms with Crippen LogP contribution in [0.15, 0.2) is 12.1 Å². The van der Waals surface area contributed by atoms with Crippen LogP contribution in [-0.4, -0.2) is 18.5 Å². The van der Waals surface area contributed by atoms with E-state index in [2.05, 4.69) is 26.0 Å². The van der Waals surface area contributed by atoms with Gasteiger partial charge in [0.15, 0.2) is 5.78 Å². The predicted octanol–water partition coefficient (Wildman–Crippen LogP) is 3.63. The van der Waals surface area contributed by atoms with Crippen molar-refractivity contribution in [2.75, 3.05) is 6.61 Å². The van der Waals surface area contributed by atoms with E-state index in [4.69, 9.17) is 4.74 Å². The minimum atomic E-state index is -0.211. The summed E-state index contributed by atoms with van der Waals surface area (Å²) in [6.45, 7) is 6.77. The Bertz CT molecular complexity index is 338. The SMILES string of the molecule is CCCC(OCC)C(=O)Cc1ccc(CC)s1. The maximum atomic E-state index is 12.1. The van der Waals surface area contributed by atoms with E-state index in [0.717, 1.165) is 24.1 Å². The molecule has 0 aliphatic carbocycles. The molecule has 1 rings (SSSR count). The average molecular weight is 254 g/mol. The van der Waals surface area contributed by atoms with Gasteiger partial charge in [-0.2, -0.15) is 0 Å². The molecule has 1 aromatic rings. The van der Waals surface area contributed by atoms with Crippen LogP contribution in [0.3, 0.4) is 0 Å². The van der Waals surface area contributed by atoms with Gasteiger partial charge in [0.25, 0.3) is 0 Å². The van der Waals surface area contributed by atoms with Gasteiger partial charge in [-0.05, 0) is 31.9 Å². The van der Waals surface area contributed by atoms with Crippen molar-refractivity contribution in [2.24, 2.45) is 0 Å². The number of rotatable bonds is 8. The number of hydrogen-bond acceptors (Lipinski definition) is 3. The van der Waals surface area contributed by atoms with Gasteiger partial charge in [0.05, 0.1) is 0 Å². The molecule has 2 nitrogen and oxygen atoms in total. The summed E-state index contributed by atoms with van der Waals surface area (Å²) in [4.78, 5) is 14.6. The van der Waals surface area contributed by atoms with E-state index in [-0.39, 0.29) is 11.9 Å². The summed E-state index contributed by atoms with van der Waals surface area (Å²) < 4.78 is 5.50. The van der Waals surface area contributed by atoms with E-state index in [0.29, 0.717) is 13.0 Å². The molecule has 0 amide bonds. The lowest BCUT2D eigenvalue weighted by Gasteiger charge is -2.14. The monoisotopic (exact) mass is 254 g/mol. The third kappa shape index (κ3) is 4.60. The molecule has 0 saturated heterocycles. The van der Waals surface area contributed by atoms with Gasteiger partial charge in [-0.3, -0.25) is 4.79 Å². The highest BCUT2D eigenvalue weighted by Gasteiger charge is 2.18. The standard InChI is InChI=1S/C14H22O2S/c1-4-7-14(16-6-3)13(15)10-12-9-8-11(5-2)17-12/h8-9,14H,4-7,10H2,1-3H3. The number of thiophene rings is 1. The van der Waals surface area contributed by atoms with Crippen molar-refractivity contribution in [1.82, 2.24) is 0 Å². The molecule has 3 heteroatoms. The van der Waals surface area contributed by atoms with E-state index in [9.17, 15) is 4.79 Å². The molecule has 0 saturated carbocycles. The molecule has 96 valence electrons. The summed E-state index contributed by atoms with van der Waals surface area (Å²) in [5.74, 6) is 0.221. The van der Waals surface area contributed by atoms with Crippen molar-refractivity contribution in [3.63, 3.8) is 0 Å². The fourth-order valence-electron chi connectivity index (χ4n) is 1.79. The summed E-state index contributed by atoms with van der Waals surface area (Å²) in [5, 5.41) is 0. The van der Waals surface area contributed by atoms with Crippen molar-refractivity contribution in [1.29, 1.82) is 0 Å². The second-order valence-electron chi connectivity index (χ2n) is 4.10.